The van der Waals surface area contributed by atoms with Crippen LogP contribution in [-0.4, -0.2) is 58.9 Å². The molecular weight excluding hydrogens is 324 g/mol. The number of piperidine rings is 1. The lowest BCUT2D eigenvalue weighted by molar-refractivity contribution is 0.162. The molecule has 0 aromatic heterocycles. The quantitative estimate of drug-likeness (QED) is 0.845. The molecule has 1 fully saturated rings. The average Bonchev–Trinajstić information content (AvgIpc) is 2.47. The van der Waals surface area contributed by atoms with Gasteiger partial charge in [0.1, 0.15) is 12.4 Å². The van der Waals surface area contributed by atoms with E-state index in [-0.39, 0.29) is 12.4 Å². The van der Waals surface area contributed by atoms with Gasteiger partial charge in [-0.05, 0) is 50.7 Å². The fourth-order valence-electron chi connectivity index (χ4n) is 2.57. The Morgan fingerprint density at radius 1 is 1.32 bits per heavy atom. The minimum absolute atomic E-state index is 0. The van der Waals surface area contributed by atoms with Crippen LogP contribution >= 0.6 is 12.4 Å². The van der Waals surface area contributed by atoms with E-state index in [0.717, 1.165) is 19.6 Å². The van der Waals surface area contributed by atoms with Crippen LogP contribution in [0.5, 0.6) is 5.75 Å². The maximum absolute atomic E-state index is 11.4. The van der Waals surface area contributed by atoms with Crippen molar-refractivity contribution in [3.8, 4) is 5.75 Å². The number of sulfone groups is 1. The largest absolute Gasteiger partial charge is 0.492 e. The van der Waals surface area contributed by atoms with Crippen molar-refractivity contribution >= 4 is 22.2 Å². The molecule has 126 valence electrons. The maximum atomic E-state index is 11.4. The number of likely N-dealkylation sites (tertiary alicyclic amines) is 1. The van der Waals surface area contributed by atoms with Gasteiger partial charge in [0.25, 0.3) is 0 Å². The predicted molar refractivity (Wildman–Crippen MR) is 90.8 cm³/mol. The third-order valence-electron chi connectivity index (χ3n) is 3.84. The number of hydrogen-bond acceptors (Lipinski definition) is 5. The van der Waals surface area contributed by atoms with E-state index in [4.69, 9.17) is 4.74 Å². The van der Waals surface area contributed by atoms with Gasteiger partial charge in [0.15, 0.2) is 9.84 Å². The van der Waals surface area contributed by atoms with Crippen molar-refractivity contribution < 1.29 is 13.2 Å². The summed E-state index contributed by atoms with van der Waals surface area (Å²) in [5, 5.41) is 3.32. The number of ether oxygens (including phenoxy) is 1. The lowest BCUT2D eigenvalue weighted by Gasteiger charge is -2.32. The first-order valence-electron chi connectivity index (χ1n) is 7.31. The van der Waals surface area contributed by atoms with Crippen molar-refractivity contribution in [2.24, 2.45) is 0 Å². The van der Waals surface area contributed by atoms with E-state index < -0.39 is 9.84 Å². The summed E-state index contributed by atoms with van der Waals surface area (Å²) in [5.41, 5.74) is 0. The molecular formula is C15H25ClN2O3S. The van der Waals surface area contributed by atoms with Crippen LogP contribution in [0.3, 0.4) is 0 Å². The molecule has 1 atom stereocenters. The Kier molecular flexibility index (Phi) is 7.62. The summed E-state index contributed by atoms with van der Waals surface area (Å²) in [4.78, 5) is 2.72. The highest BCUT2D eigenvalue weighted by atomic mass is 35.5. The first-order chi connectivity index (χ1) is 9.99. The lowest BCUT2D eigenvalue weighted by Crippen LogP contribution is -2.45. The minimum Gasteiger partial charge on any atom is -0.492 e. The number of nitrogens with zero attached hydrogens (tertiary/aromatic N) is 1. The summed E-state index contributed by atoms with van der Waals surface area (Å²) in [5.74, 6) is 0.713. The minimum atomic E-state index is -3.14. The molecule has 1 heterocycles. The third-order valence-corrected chi connectivity index (χ3v) is 4.97. The van der Waals surface area contributed by atoms with E-state index in [1.54, 1.807) is 24.3 Å². The number of rotatable bonds is 6. The Labute approximate surface area is 139 Å². The summed E-state index contributed by atoms with van der Waals surface area (Å²) in [6.07, 6.45) is 3.66. The summed E-state index contributed by atoms with van der Waals surface area (Å²) in [6.45, 7) is 3.70. The number of hydrogen-bond donors (Lipinski definition) is 1. The Hall–Kier alpha value is -0.820. The standard InChI is InChI=1S/C15H24N2O3S.ClH/c1-16-13-4-3-9-17(12-13)10-11-20-14-5-7-15(8-6-14)21(2,18)19;/h5-8,13,16H,3-4,9-12H2,1-2H3;1H. The Morgan fingerprint density at radius 3 is 2.59 bits per heavy atom. The van der Waals surface area contributed by atoms with Crippen LogP contribution in [-0.2, 0) is 9.84 Å². The van der Waals surface area contributed by atoms with Crippen LogP contribution < -0.4 is 10.1 Å². The molecule has 1 aliphatic rings. The molecule has 1 aliphatic heterocycles. The topological polar surface area (TPSA) is 58.6 Å². The van der Waals surface area contributed by atoms with E-state index in [9.17, 15) is 8.42 Å². The zero-order valence-electron chi connectivity index (χ0n) is 13.1. The summed E-state index contributed by atoms with van der Waals surface area (Å²) < 4.78 is 28.4. The van der Waals surface area contributed by atoms with Crippen LogP contribution in [0, 0.1) is 0 Å². The molecule has 1 saturated heterocycles. The zero-order valence-corrected chi connectivity index (χ0v) is 14.8. The molecule has 1 N–H and O–H groups in total. The van der Waals surface area contributed by atoms with Crippen molar-refractivity contribution in [2.45, 2.75) is 23.8 Å². The highest BCUT2D eigenvalue weighted by Gasteiger charge is 2.17. The zero-order chi connectivity index (χ0) is 15.3. The van der Waals surface area contributed by atoms with Crippen LogP contribution in [0.2, 0.25) is 0 Å². The van der Waals surface area contributed by atoms with E-state index >= 15 is 0 Å². The molecule has 22 heavy (non-hydrogen) atoms. The number of halogens is 1. The van der Waals surface area contributed by atoms with Gasteiger partial charge in [-0.25, -0.2) is 8.42 Å². The predicted octanol–water partition coefficient (Wildman–Crippen LogP) is 1.57. The number of likely N-dealkylation sites (N-methyl/N-ethyl adjacent to an activating group) is 1. The van der Waals surface area contributed by atoms with Crippen LogP contribution in [0.15, 0.2) is 29.2 Å². The second-order valence-electron chi connectivity index (χ2n) is 5.52. The van der Waals surface area contributed by atoms with Gasteiger partial charge in [0.2, 0.25) is 0 Å². The molecule has 2 rings (SSSR count). The van der Waals surface area contributed by atoms with Gasteiger partial charge in [-0.15, -0.1) is 12.4 Å². The van der Waals surface area contributed by atoms with Crippen molar-refractivity contribution in [3.05, 3.63) is 24.3 Å². The van der Waals surface area contributed by atoms with Gasteiger partial charge in [-0.3, -0.25) is 4.90 Å². The third kappa shape index (κ3) is 5.76. The van der Waals surface area contributed by atoms with Gasteiger partial charge >= 0.3 is 0 Å². The highest BCUT2D eigenvalue weighted by molar-refractivity contribution is 7.90. The fraction of sp³-hybridized carbons (Fsp3) is 0.600. The maximum Gasteiger partial charge on any atom is 0.175 e. The van der Waals surface area contributed by atoms with Crippen molar-refractivity contribution in [1.82, 2.24) is 10.2 Å². The molecule has 0 radical (unpaired) electrons. The SMILES string of the molecule is CNC1CCCN(CCOc2ccc(S(C)(=O)=O)cc2)C1.Cl. The summed E-state index contributed by atoms with van der Waals surface area (Å²) in [7, 11) is -1.13. The van der Waals surface area contributed by atoms with Gasteiger partial charge in [0, 0.05) is 25.4 Å². The Morgan fingerprint density at radius 2 is 2.00 bits per heavy atom. The first-order valence-corrected chi connectivity index (χ1v) is 9.21. The van der Waals surface area contributed by atoms with E-state index in [0.29, 0.717) is 23.3 Å². The molecule has 1 unspecified atom stereocenters. The highest BCUT2D eigenvalue weighted by Crippen LogP contribution is 2.16. The average molecular weight is 349 g/mol. The fourth-order valence-corrected chi connectivity index (χ4v) is 3.20. The van der Waals surface area contributed by atoms with Gasteiger partial charge in [-0.2, -0.15) is 0 Å². The first kappa shape index (κ1) is 19.2. The molecule has 1 aromatic carbocycles. The summed E-state index contributed by atoms with van der Waals surface area (Å²) in [6, 6.07) is 7.17. The van der Waals surface area contributed by atoms with E-state index in [1.165, 1.54) is 19.1 Å². The normalized spacial score (nSPS) is 19.5. The second kappa shape index (κ2) is 8.72. The van der Waals surface area contributed by atoms with Crippen LogP contribution in [0.25, 0.3) is 0 Å². The monoisotopic (exact) mass is 348 g/mol. The number of nitrogens with one attached hydrogen (secondary N) is 1. The van der Waals surface area contributed by atoms with Gasteiger partial charge in [-0.1, -0.05) is 0 Å². The van der Waals surface area contributed by atoms with Crippen molar-refractivity contribution in [1.29, 1.82) is 0 Å². The smallest absolute Gasteiger partial charge is 0.175 e. The second-order valence-corrected chi connectivity index (χ2v) is 7.54. The van der Waals surface area contributed by atoms with Crippen molar-refractivity contribution in [3.63, 3.8) is 0 Å². The Balaban J connectivity index is 0.00000242. The van der Waals surface area contributed by atoms with Crippen LogP contribution in [0.1, 0.15) is 12.8 Å². The molecule has 0 amide bonds. The number of benzene rings is 1. The molecule has 0 spiro atoms. The molecule has 0 bridgehead atoms. The Bertz CT molecular complexity index is 548. The molecule has 0 saturated carbocycles. The van der Waals surface area contributed by atoms with E-state index in [1.807, 2.05) is 7.05 Å². The van der Waals surface area contributed by atoms with Crippen molar-refractivity contribution in [2.75, 3.05) is 39.5 Å². The van der Waals surface area contributed by atoms with E-state index in [2.05, 4.69) is 10.2 Å². The molecule has 5 nitrogen and oxygen atoms in total. The van der Waals surface area contributed by atoms with Gasteiger partial charge < -0.3 is 10.1 Å². The molecule has 0 aliphatic carbocycles. The lowest BCUT2D eigenvalue weighted by atomic mass is 10.1. The molecule has 1 aromatic rings. The molecule has 7 heteroatoms. The van der Waals surface area contributed by atoms with Crippen LogP contribution in [0.4, 0.5) is 0 Å². The summed E-state index contributed by atoms with van der Waals surface area (Å²) >= 11 is 0. The van der Waals surface area contributed by atoms with Gasteiger partial charge in [0.05, 0.1) is 4.90 Å².